The van der Waals surface area contributed by atoms with Crippen molar-refractivity contribution < 1.29 is 9.53 Å². The first-order valence-electron chi connectivity index (χ1n) is 13.5. The summed E-state index contributed by atoms with van der Waals surface area (Å²) in [6.45, 7) is 14.4. The number of hydrogen-bond donors (Lipinski definition) is 0. The monoisotopic (exact) mass is 553 g/mol. The fraction of sp³-hybridized carbons (Fsp3) is 0.367. The van der Waals surface area contributed by atoms with Crippen LogP contribution in [0.15, 0.2) is 54.6 Å². The summed E-state index contributed by atoms with van der Waals surface area (Å²) >= 11 is 1.71. The van der Waals surface area contributed by atoms with Gasteiger partial charge in [0.25, 0.3) is 0 Å². The van der Waals surface area contributed by atoms with E-state index in [4.69, 9.17) is 26.3 Å². The minimum absolute atomic E-state index is 0.156. The van der Waals surface area contributed by atoms with Crippen LogP contribution in [0.5, 0.6) is 6.01 Å². The van der Waals surface area contributed by atoms with Gasteiger partial charge in [0.15, 0.2) is 5.82 Å². The molecular weight excluding hydrogens is 522 g/mol. The van der Waals surface area contributed by atoms with Gasteiger partial charge in [-0.15, -0.1) is 11.3 Å². The number of amides is 1. The van der Waals surface area contributed by atoms with Crippen molar-refractivity contribution >= 4 is 44.2 Å². The summed E-state index contributed by atoms with van der Waals surface area (Å²) in [4.78, 5) is 36.8. The molecule has 0 bridgehead atoms. The predicted molar refractivity (Wildman–Crippen MR) is 159 cm³/mol. The van der Waals surface area contributed by atoms with E-state index in [-0.39, 0.29) is 18.5 Å². The van der Waals surface area contributed by atoms with Crippen LogP contribution in [-0.4, -0.2) is 89.1 Å². The number of likely N-dealkylation sites (tertiary alicyclic amines) is 1. The van der Waals surface area contributed by atoms with Gasteiger partial charge in [-0.1, -0.05) is 24.8 Å². The number of rotatable bonds is 7. The Morgan fingerprint density at radius 1 is 1.25 bits per heavy atom. The van der Waals surface area contributed by atoms with Gasteiger partial charge in [0.2, 0.25) is 12.5 Å². The summed E-state index contributed by atoms with van der Waals surface area (Å²) in [7, 11) is 2.12. The largest absolute Gasteiger partial charge is 0.462 e. The minimum atomic E-state index is -0.269. The van der Waals surface area contributed by atoms with Crippen LogP contribution in [0.1, 0.15) is 12.8 Å². The molecule has 4 aromatic rings. The summed E-state index contributed by atoms with van der Waals surface area (Å²) in [5.74, 6) is 0.511. The lowest BCUT2D eigenvalue weighted by molar-refractivity contribution is -0.128. The molecule has 1 aromatic carbocycles. The van der Waals surface area contributed by atoms with Crippen molar-refractivity contribution in [3.05, 3.63) is 66.0 Å². The van der Waals surface area contributed by atoms with Crippen molar-refractivity contribution in [2.75, 3.05) is 51.3 Å². The number of hydrogen-bond acceptors (Lipinski definition) is 8. The Kier molecular flexibility index (Phi) is 7.32. The topological polar surface area (TPSA) is 79.1 Å². The Labute approximate surface area is 237 Å². The Morgan fingerprint density at radius 3 is 2.95 bits per heavy atom. The number of pyridine rings is 1. The normalized spacial score (nSPS) is 19.7. The number of thiophene rings is 1. The number of fused-ring (bicyclic) bond motifs is 2. The van der Waals surface area contributed by atoms with Gasteiger partial charge >= 0.3 is 6.01 Å². The second-order valence-corrected chi connectivity index (χ2v) is 11.2. The van der Waals surface area contributed by atoms with Gasteiger partial charge in [-0.2, -0.15) is 9.97 Å². The van der Waals surface area contributed by atoms with Gasteiger partial charge in [-0.25, -0.2) is 6.57 Å². The van der Waals surface area contributed by atoms with Gasteiger partial charge in [0, 0.05) is 47.7 Å². The number of nitrogens with zero attached hydrogens (tertiary/aromatic N) is 7. The highest BCUT2D eigenvalue weighted by molar-refractivity contribution is 7.17. The van der Waals surface area contributed by atoms with E-state index in [9.17, 15) is 4.79 Å². The first kappa shape index (κ1) is 26.2. The first-order chi connectivity index (χ1) is 19.6. The van der Waals surface area contributed by atoms with Gasteiger partial charge < -0.3 is 24.3 Å². The van der Waals surface area contributed by atoms with Crippen LogP contribution >= 0.6 is 11.3 Å². The van der Waals surface area contributed by atoms with Crippen molar-refractivity contribution in [1.29, 1.82) is 0 Å². The average Bonchev–Trinajstić information content (AvgIpc) is 3.63. The smallest absolute Gasteiger partial charge is 0.319 e. The summed E-state index contributed by atoms with van der Waals surface area (Å²) < 4.78 is 7.42. The van der Waals surface area contributed by atoms with Gasteiger partial charge in [-0.3, -0.25) is 9.78 Å². The van der Waals surface area contributed by atoms with Crippen LogP contribution in [0.2, 0.25) is 0 Å². The van der Waals surface area contributed by atoms with E-state index in [0.29, 0.717) is 55.1 Å². The van der Waals surface area contributed by atoms with Crippen LogP contribution in [-0.2, 0) is 4.79 Å². The fourth-order valence-electron chi connectivity index (χ4n) is 5.71. The molecule has 0 aliphatic carbocycles. The predicted octanol–water partition coefficient (Wildman–Crippen LogP) is 4.50. The van der Waals surface area contributed by atoms with Crippen LogP contribution in [0.3, 0.4) is 0 Å². The van der Waals surface area contributed by atoms with E-state index in [1.807, 2.05) is 6.20 Å². The molecule has 2 atom stereocenters. The van der Waals surface area contributed by atoms with Crippen LogP contribution in [0, 0.1) is 6.57 Å². The highest BCUT2D eigenvalue weighted by atomic mass is 32.1. The van der Waals surface area contributed by atoms with Crippen molar-refractivity contribution in [1.82, 2.24) is 24.8 Å². The molecule has 0 N–H and O–H groups in total. The molecule has 6 rings (SSSR count). The summed E-state index contributed by atoms with van der Waals surface area (Å²) in [5, 5.41) is 3.30. The SMILES string of the molecule is [C-]#[N+]C[C@H]1CN(c2nc(OC[C@@H]3CCCN3C)nc3cc(-c4cccc5ccsc45)cnc23)CCN1C(=O)C=C. The summed E-state index contributed by atoms with van der Waals surface area (Å²) in [6, 6.07) is 10.9. The third-order valence-electron chi connectivity index (χ3n) is 7.91. The molecular formula is C30H31N7O2S. The van der Waals surface area contributed by atoms with Gasteiger partial charge in [-0.05, 0) is 55.4 Å². The minimum Gasteiger partial charge on any atom is -0.462 e. The Morgan fingerprint density at radius 2 is 2.15 bits per heavy atom. The molecule has 0 saturated carbocycles. The molecule has 204 valence electrons. The molecule has 40 heavy (non-hydrogen) atoms. The number of carbonyl (C=O) groups is 1. The quantitative estimate of drug-likeness (QED) is 0.246. The standard InChI is InChI=1S/C30H31N7O2S/c1-4-26(38)37-13-12-36(18-23(37)17-31-2)29-27-25(33-30(34-29)39-19-22-8-6-11-35(22)3)15-21(16-32-27)24-9-5-7-20-10-14-40-28(20)24/h4-5,7,9-10,14-16,22-23H,1,6,8,11-13,17-19H2,3H3/t22-,23-/m0/s1. The lowest BCUT2D eigenvalue weighted by Crippen LogP contribution is -2.56. The highest BCUT2D eigenvalue weighted by Gasteiger charge is 2.33. The van der Waals surface area contributed by atoms with Crippen molar-refractivity contribution in [2.24, 2.45) is 0 Å². The Hall–Kier alpha value is -4.07. The number of anilines is 1. The van der Waals surface area contributed by atoms with E-state index in [1.54, 1.807) is 16.2 Å². The summed E-state index contributed by atoms with van der Waals surface area (Å²) in [6.07, 6.45) is 5.44. The maximum absolute atomic E-state index is 12.5. The molecule has 1 amide bonds. The summed E-state index contributed by atoms with van der Waals surface area (Å²) in [5.41, 5.74) is 3.49. The Balaban J connectivity index is 1.39. The van der Waals surface area contributed by atoms with E-state index in [1.165, 1.54) is 16.2 Å². The van der Waals surface area contributed by atoms with Gasteiger partial charge in [0.1, 0.15) is 18.2 Å². The zero-order chi connectivity index (χ0) is 27.6. The number of benzene rings is 1. The van der Waals surface area contributed by atoms with Crippen LogP contribution in [0.25, 0.3) is 37.1 Å². The molecule has 0 spiro atoms. The molecule has 0 radical (unpaired) electrons. The number of carbonyl (C=O) groups excluding carboxylic acids is 1. The Bertz CT molecular complexity index is 1610. The lowest BCUT2D eigenvalue weighted by atomic mass is 10.1. The van der Waals surface area contributed by atoms with Crippen LogP contribution < -0.4 is 9.64 Å². The molecule has 9 nitrogen and oxygen atoms in total. The number of aromatic nitrogens is 3. The second kappa shape index (κ2) is 11.2. The third kappa shape index (κ3) is 4.98. The molecule has 2 fully saturated rings. The van der Waals surface area contributed by atoms with E-state index >= 15 is 0 Å². The zero-order valence-electron chi connectivity index (χ0n) is 22.5. The lowest BCUT2D eigenvalue weighted by Gasteiger charge is -2.39. The molecule has 2 aliphatic rings. The van der Waals surface area contributed by atoms with Crippen molar-refractivity contribution in [3.63, 3.8) is 0 Å². The zero-order valence-corrected chi connectivity index (χ0v) is 23.3. The van der Waals surface area contributed by atoms with Gasteiger partial charge in [0.05, 0.1) is 5.52 Å². The van der Waals surface area contributed by atoms with Crippen LogP contribution in [0.4, 0.5) is 5.82 Å². The number of ether oxygens (including phenoxy) is 1. The number of likely N-dealkylation sites (N-methyl/N-ethyl adjacent to an activating group) is 1. The molecule has 2 aliphatic heterocycles. The molecule has 5 heterocycles. The third-order valence-corrected chi connectivity index (χ3v) is 8.87. The van der Waals surface area contributed by atoms with E-state index < -0.39 is 0 Å². The van der Waals surface area contributed by atoms with E-state index in [0.717, 1.165) is 30.5 Å². The van der Waals surface area contributed by atoms with Crippen molar-refractivity contribution in [3.8, 4) is 17.1 Å². The first-order valence-corrected chi connectivity index (χ1v) is 14.4. The van der Waals surface area contributed by atoms with E-state index in [2.05, 4.69) is 64.0 Å². The average molecular weight is 554 g/mol. The molecule has 2 saturated heterocycles. The molecule has 3 aromatic heterocycles. The second-order valence-electron chi connectivity index (χ2n) is 10.3. The fourth-order valence-corrected chi connectivity index (χ4v) is 6.65. The number of piperazine rings is 1. The maximum Gasteiger partial charge on any atom is 0.319 e. The van der Waals surface area contributed by atoms with Crippen molar-refractivity contribution in [2.45, 2.75) is 24.9 Å². The molecule has 10 heteroatoms. The maximum atomic E-state index is 12.5. The highest BCUT2D eigenvalue weighted by Crippen LogP contribution is 2.35. The molecule has 0 unspecified atom stereocenters.